The summed E-state index contributed by atoms with van der Waals surface area (Å²) in [4.78, 5) is 1.39. The van der Waals surface area contributed by atoms with Gasteiger partial charge in [-0.15, -0.1) is 11.3 Å². The van der Waals surface area contributed by atoms with Crippen LogP contribution < -0.4 is 14.8 Å². The summed E-state index contributed by atoms with van der Waals surface area (Å²) in [6.07, 6.45) is 2.44. The molecule has 4 heteroatoms. The van der Waals surface area contributed by atoms with Gasteiger partial charge in [-0.1, -0.05) is 0 Å². The van der Waals surface area contributed by atoms with E-state index in [0.717, 1.165) is 24.6 Å². The van der Waals surface area contributed by atoms with Crippen LogP contribution in [0.5, 0.6) is 11.5 Å². The molecule has 0 saturated carbocycles. The number of thiophene rings is 1. The predicted molar refractivity (Wildman–Crippen MR) is 60.2 cm³/mol. The average Bonchev–Trinajstić information content (AvgIpc) is 2.74. The molecule has 1 aromatic heterocycles. The van der Waals surface area contributed by atoms with Crippen molar-refractivity contribution in [3.63, 3.8) is 0 Å². The molecule has 0 radical (unpaired) electrons. The maximum absolute atomic E-state index is 5.71. The Balaban J connectivity index is 1.87. The standard InChI is InChI=1S/C11H15NO2S/c1-3-12-4-2-8(1)11-10-9(7-15-11)13-5-6-14-10/h7-8,12H,1-6H2. The lowest BCUT2D eigenvalue weighted by atomic mass is 9.96. The molecule has 1 fully saturated rings. The molecule has 1 saturated heterocycles. The Morgan fingerprint density at radius 2 is 2.00 bits per heavy atom. The highest BCUT2D eigenvalue weighted by Crippen LogP contribution is 2.45. The first-order chi connectivity index (χ1) is 7.45. The quantitative estimate of drug-likeness (QED) is 0.793. The number of fused-ring (bicyclic) bond motifs is 1. The summed E-state index contributed by atoms with van der Waals surface area (Å²) in [6, 6.07) is 0. The number of hydrogen-bond donors (Lipinski definition) is 1. The molecule has 0 bridgehead atoms. The van der Waals surface area contributed by atoms with E-state index in [9.17, 15) is 0 Å². The number of nitrogens with one attached hydrogen (secondary N) is 1. The fourth-order valence-electron chi connectivity index (χ4n) is 2.25. The summed E-state index contributed by atoms with van der Waals surface area (Å²) < 4.78 is 11.3. The van der Waals surface area contributed by atoms with E-state index in [-0.39, 0.29) is 0 Å². The molecule has 2 aliphatic heterocycles. The van der Waals surface area contributed by atoms with Gasteiger partial charge in [0.1, 0.15) is 13.2 Å². The van der Waals surface area contributed by atoms with Crippen LogP contribution in [0.4, 0.5) is 0 Å². The maximum Gasteiger partial charge on any atom is 0.175 e. The van der Waals surface area contributed by atoms with Crippen LogP contribution in [-0.2, 0) is 0 Å². The fraction of sp³-hybridized carbons (Fsp3) is 0.636. The van der Waals surface area contributed by atoms with Gasteiger partial charge >= 0.3 is 0 Å². The van der Waals surface area contributed by atoms with Crippen molar-refractivity contribution >= 4 is 11.3 Å². The summed E-state index contributed by atoms with van der Waals surface area (Å²) >= 11 is 1.79. The van der Waals surface area contributed by atoms with Crippen molar-refractivity contribution < 1.29 is 9.47 Å². The minimum absolute atomic E-state index is 0.668. The molecule has 1 aromatic rings. The molecule has 0 aliphatic carbocycles. The molecule has 82 valence electrons. The SMILES string of the molecule is c1sc(C2CCNCC2)c2c1OCCO2. The van der Waals surface area contributed by atoms with Gasteiger partial charge < -0.3 is 14.8 Å². The molecular weight excluding hydrogens is 210 g/mol. The lowest BCUT2D eigenvalue weighted by molar-refractivity contribution is 0.171. The van der Waals surface area contributed by atoms with E-state index in [4.69, 9.17) is 9.47 Å². The van der Waals surface area contributed by atoms with E-state index in [1.807, 2.05) is 0 Å². The van der Waals surface area contributed by atoms with E-state index in [1.165, 1.54) is 17.7 Å². The van der Waals surface area contributed by atoms with E-state index >= 15 is 0 Å². The van der Waals surface area contributed by atoms with Gasteiger partial charge in [-0.2, -0.15) is 0 Å². The summed E-state index contributed by atoms with van der Waals surface area (Å²) in [7, 11) is 0. The van der Waals surface area contributed by atoms with Gasteiger partial charge in [0.05, 0.1) is 4.88 Å². The summed E-state index contributed by atoms with van der Waals surface area (Å²) in [5, 5.41) is 5.48. The minimum atomic E-state index is 0.668. The molecule has 3 nitrogen and oxygen atoms in total. The highest BCUT2D eigenvalue weighted by atomic mass is 32.1. The molecule has 0 aromatic carbocycles. The Labute approximate surface area is 93.4 Å². The fourth-order valence-corrected chi connectivity index (χ4v) is 3.35. The highest BCUT2D eigenvalue weighted by Gasteiger charge is 2.25. The Bertz CT molecular complexity index is 344. The van der Waals surface area contributed by atoms with Crippen molar-refractivity contribution in [3.8, 4) is 11.5 Å². The topological polar surface area (TPSA) is 30.5 Å². The Morgan fingerprint density at radius 1 is 1.20 bits per heavy atom. The van der Waals surface area contributed by atoms with Crippen molar-refractivity contribution in [3.05, 3.63) is 10.3 Å². The van der Waals surface area contributed by atoms with Gasteiger partial charge in [-0.05, 0) is 31.8 Å². The zero-order valence-electron chi connectivity index (χ0n) is 8.62. The van der Waals surface area contributed by atoms with E-state index in [2.05, 4.69) is 10.7 Å². The van der Waals surface area contributed by atoms with Crippen LogP contribution in [0.25, 0.3) is 0 Å². The second-order valence-corrected chi connectivity index (χ2v) is 4.93. The smallest absolute Gasteiger partial charge is 0.175 e. The number of hydrogen-bond acceptors (Lipinski definition) is 4. The Kier molecular flexibility index (Phi) is 2.54. The number of rotatable bonds is 1. The van der Waals surface area contributed by atoms with Crippen LogP contribution in [0.1, 0.15) is 23.6 Å². The second-order valence-electron chi connectivity index (χ2n) is 4.01. The van der Waals surface area contributed by atoms with Crippen LogP contribution in [0, 0.1) is 0 Å². The largest absolute Gasteiger partial charge is 0.485 e. The lowest BCUT2D eigenvalue weighted by Gasteiger charge is -2.24. The molecule has 3 heterocycles. The van der Waals surface area contributed by atoms with Gasteiger partial charge in [-0.25, -0.2) is 0 Å². The summed E-state index contributed by atoms with van der Waals surface area (Å²) in [5.41, 5.74) is 0. The van der Waals surface area contributed by atoms with Gasteiger partial charge in [-0.3, -0.25) is 0 Å². The molecule has 0 unspecified atom stereocenters. The van der Waals surface area contributed by atoms with Crippen LogP contribution in [0.15, 0.2) is 5.38 Å². The molecule has 3 rings (SSSR count). The van der Waals surface area contributed by atoms with Crippen molar-refractivity contribution in [2.45, 2.75) is 18.8 Å². The normalized spacial score (nSPS) is 21.6. The minimum Gasteiger partial charge on any atom is -0.485 e. The Morgan fingerprint density at radius 3 is 2.87 bits per heavy atom. The molecule has 0 amide bonds. The van der Waals surface area contributed by atoms with Crippen LogP contribution in [0.3, 0.4) is 0 Å². The van der Waals surface area contributed by atoms with Gasteiger partial charge in [0, 0.05) is 5.38 Å². The van der Waals surface area contributed by atoms with Gasteiger partial charge in [0.25, 0.3) is 0 Å². The average molecular weight is 225 g/mol. The molecular formula is C11H15NO2S. The molecule has 0 spiro atoms. The zero-order chi connectivity index (χ0) is 10.1. The van der Waals surface area contributed by atoms with Crippen molar-refractivity contribution in [2.24, 2.45) is 0 Å². The lowest BCUT2D eigenvalue weighted by Crippen LogP contribution is -2.26. The van der Waals surface area contributed by atoms with Crippen LogP contribution >= 0.6 is 11.3 Å². The molecule has 0 atom stereocenters. The first-order valence-electron chi connectivity index (χ1n) is 5.53. The zero-order valence-corrected chi connectivity index (χ0v) is 9.44. The van der Waals surface area contributed by atoms with Gasteiger partial charge in [0.2, 0.25) is 0 Å². The molecule has 2 aliphatic rings. The number of ether oxygens (including phenoxy) is 2. The predicted octanol–water partition coefficient (Wildman–Crippen LogP) is 1.99. The highest BCUT2D eigenvalue weighted by molar-refractivity contribution is 7.10. The Hall–Kier alpha value is -0.740. The first-order valence-corrected chi connectivity index (χ1v) is 6.41. The van der Waals surface area contributed by atoms with E-state index in [0.29, 0.717) is 19.1 Å². The third kappa shape index (κ3) is 1.72. The van der Waals surface area contributed by atoms with E-state index in [1.54, 1.807) is 11.3 Å². The van der Waals surface area contributed by atoms with Crippen LogP contribution in [-0.4, -0.2) is 26.3 Å². The van der Waals surface area contributed by atoms with Crippen molar-refractivity contribution in [2.75, 3.05) is 26.3 Å². The van der Waals surface area contributed by atoms with Gasteiger partial charge in [0.15, 0.2) is 11.5 Å². The molecule has 1 N–H and O–H groups in total. The summed E-state index contributed by atoms with van der Waals surface area (Å²) in [6.45, 7) is 3.63. The first kappa shape index (κ1) is 9.48. The summed E-state index contributed by atoms with van der Waals surface area (Å²) in [5.74, 6) is 2.65. The second kappa shape index (κ2) is 4.02. The third-order valence-electron chi connectivity index (χ3n) is 3.04. The molecule has 15 heavy (non-hydrogen) atoms. The van der Waals surface area contributed by atoms with Crippen LogP contribution in [0.2, 0.25) is 0 Å². The van der Waals surface area contributed by atoms with Crippen molar-refractivity contribution in [1.29, 1.82) is 0 Å². The monoisotopic (exact) mass is 225 g/mol. The van der Waals surface area contributed by atoms with E-state index < -0.39 is 0 Å². The van der Waals surface area contributed by atoms with Crippen molar-refractivity contribution in [1.82, 2.24) is 5.32 Å². The number of piperidine rings is 1. The third-order valence-corrected chi connectivity index (χ3v) is 4.14. The maximum atomic E-state index is 5.71.